The molecule has 2 unspecified atom stereocenters. The zero-order valence-corrected chi connectivity index (χ0v) is 45.2. The first kappa shape index (κ1) is 60.5. The Morgan fingerprint density at radius 3 is 1.29 bits per heavy atom. The van der Waals surface area contributed by atoms with Crippen LogP contribution in [0.2, 0.25) is 10.0 Å². The number of halogens is 8. The van der Waals surface area contributed by atoms with Crippen LogP contribution in [0.15, 0.2) is 97.1 Å². The zero-order chi connectivity index (χ0) is 56.4. The second kappa shape index (κ2) is 26.4. The van der Waals surface area contributed by atoms with Gasteiger partial charge in [-0.1, -0.05) is 59.6 Å². The van der Waals surface area contributed by atoms with E-state index in [2.05, 4.69) is 9.80 Å². The Hall–Kier alpha value is -5.18. The van der Waals surface area contributed by atoms with Gasteiger partial charge in [-0.15, -0.1) is 0 Å². The number of carbonyl (C=O) groups excluding carboxylic acids is 2. The van der Waals surface area contributed by atoms with E-state index in [9.17, 15) is 56.4 Å². The van der Waals surface area contributed by atoms with Gasteiger partial charge in [0.15, 0.2) is 11.5 Å². The van der Waals surface area contributed by atoms with Gasteiger partial charge in [0.1, 0.15) is 0 Å². The van der Waals surface area contributed by atoms with Crippen molar-refractivity contribution in [3.63, 3.8) is 0 Å². The minimum Gasteiger partial charge on any atom is -0.493 e. The summed E-state index contributed by atoms with van der Waals surface area (Å²) in [4.78, 5) is 32.8. The number of carbonyl (C=O) groups is 2. The highest BCUT2D eigenvalue weighted by atomic mass is 35.5. The number of hydrogen-bond donors (Lipinski definition) is 4. The third-order valence-corrected chi connectivity index (χ3v) is 16.5. The van der Waals surface area contributed by atoms with Crippen molar-refractivity contribution < 1.29 is 65.8 Å². The number of amides is 2. The van der Waals surface area contributed by atoms with Gasteiger partial charge in [-0.05, 0) is 172 Å². The molecule has 0 saturated carbocycles. The predicted octanol–water partition coefficient (Wildman–Crippen LogP) is 9.95. The molecule has 4 aliphatic rings. The predicted molar refractivity (Wildman–Crippen MR) is 287 cm³/mol. The highest BCUT2D eigenvalue weighted by molar-refractivity contribution is 6.42. The molecular formula is C58H68Cl2F6N4O8. The molecule has 424 valence electrons. The number of aliphatic hydroxyl groups is 4. The lowest BCUT2D eigenvalue weighted by Crippen LogP contribution is -2.56. The maximum absolute atomic E-state index is 12.8. The molecule has 4 aromatic carbocycles. The third kappa shape index (κ3) is 16.0. The summed E-state index contributed by atoms with van der Waals surface area (Å²) in [6.07, 6.45) is -0.154. The lowest BCUT2D eigenvalue weighted by atomic mass is 9.84. The molecule has 12 nitrogen and oxygen atoms in total. The number of benzene rings is 4. The van der Waals surface area contributed by atoms with Gasteiger partial charge in [0.25, 0.3) is 0 Å². The molecule has 0 bridgehead atoms. The fraction of sp³-hybridized carbons (Fsp3) is 0.483. The quantitative estimate of drug-likeness (QED) is 0.0711. The number of β-amino-alcohol motifs (C(OH)–C–C–N with tert-alkyl or cyclic N) is 2. The maximum Gasteiger partial charge on any atom is 0.416 e. The summed E-state index contributed by atoms with van der Waals surface area (Å²) < 4.78 is 87.5. The van der Waals surface area contributed by atoms with Crippen molar-refractivity contribution in [1.29, 1.82) is 0 Å². The number of aliphatic hydroxyl groups excluding tert-OH is 2. The van der Waals surface area contributed by atoms with Gasteiger partial charge in [0.2, 0.25) is 11.8 Å². The molecule has 8 rings (SSSR count). The Balaban J connectivity index is 0.000000226. The summed E-state index contributed by atoms with van der Waals surface area (Å²) in [5.41, 5.74) is -0.540. The van der Waals surface area contributed by atoms with Crippen molar-refractivity contribution in [2.45, 2.75) is 99.0 Å². The Morgan fingerprint density at radius 2 is 0.936 bits per heavy atom. The molecule has 2 atom stereocenters. The SMILES string of the molecule is COc1ccc(/C=C/C(=O)N2CCC(O)(C(O)CN3CCC(c4ccc(C(F)(F)F)cc4)CC3)CC2)cc1OC.O=C(/C=C/c1ccc(Cl)c(Cl)c1)N1CCC(O)(C(O)CN2CCC(c3ccc(C(F)(F)F)cc3)CC2)CC1. The molecule has 20 heteroatoms. The highest BCUT2D eigenvalue weighted by Gasteiger charge is 2.42. The molecule has 4 N–H and O–H groups in total. The second-order valence-electron chi connectivity index (χ2n) is 20.7. The summed E-state index contributed by atoms with van der Waals surface area (Å²) in [5.74, 6) is 1.15. The Labute approximate surface area is 461 Å². The summed E-state index contributed by atoms with van der Waals surface area (Å²) >= 11 is 11.9. The van der Waals surface area contributed by atoms with Crippen LogP contribution in [0.3, 0.4) is 0 Å². The molecule has 4 heterocycles. The first-order valence-electron chi connectivity index (χ1n) is 26.2. The van der Waals surface area contributed by atoms with Gasteiger partial charge in [0, 0.05) is 51.4 Å². The van der Waals surface area contributed by atoms with Crippen LogP contribution >= 0.6 is 23.2 Å². The van der Waals surface area contributed by atoms with Gasteiger partial charge in [0.05, 0.1) is 58.8 Å². The molecule has 0 spiro atoms. The molecule has 4 fully saturated rings. The Bertz CT molecular complexity index is 2680. The molecule has 0 radical (unpaired) electrons. The first-order chi connectivity index (χ1) is 37.0. The fourth-order valence-electron chi connectivity index (χ4n) is 10.6. The molecule has 4 aliphatic heterocycles. The van der Waals surface area contributed by atoms with Gasteiger partial charge >= 0.3 is 12.4 Å². The number of piperidine rings is 4. The number of nitrogens with zero attached hydrogens (tertiary/aromatic N) is 4. The van der Waals surface area contributed by atoms with Crippen LogP contribution in [-0.4, -0.2) is 155 Å². The number of likely N-dealkylation sites (tertiary alicyclic amines) is 4. The van der Waals surface area contributed by atoms with Gasteiger partial charge < -0.3 is 49.5 Å². The van der Waals surface area contributed by atoms with E-state index >= 15 is 0 Å². The lowest BCUT2D eigenvalue weighted by molar-refractivity contribution is -0.140. The normalized spacial score (nSPS) is 19.8. The van der Waals surface area contributed by atoms with Crippen molar-refractivity contribution in [2.75, 3.05) is 79.7 Å². The van der Waals surface area contributed by atoms with E-state index in [-0.39, 0.29) is 49.3 Å². The molecule has 4 saturated heterocycles. The molecule has 0 aliphatic carbocycles. The molecular weight excluding hydrogens is 1070 g/mol. The van der Waals surface area contributed by atoms with E-state index in [1.165, 1.54) is 12.2 Å². The van der Waals surface area contributed by atoms with Crippen molar-refractivity contribution in [3.8, 4) is 11.5 Å². The van der Waals surface area contributed by atoms with Crippen LogP contribution in [0, 0.1) is 0 Å². The van der Waals surface area contributed by atoms with Gasteiger partial charge in [-0.3, -0.25) is 9.59 Å². The van der Waals surface area contributed by atoms with E-state index in [0.717, 1.165) is 72.2 Å². The van der Waals surface area contributed by atoms with E-state index < -0.39 is 46.9 Å². The van der Waals surface area contributed by atoms with Crippen molar-refractivity contribution in [3.05, 3.63) is 141 Å². The molecule has 78 heavy (non-hydrogen) atoms. The fourth-order valence-corrected chi connectivity index (χ4v) is 10.9. The minimum absolute atomic E-state index is 0.167. The van der Waals surface area contributed by atoms with Crippen LogP contribution in [0.25, 0.3) is 12.2 Å². The standard InChI is InChI=1S/C30H37F3N2O5.C28H31Cl2F3N2O3/c1-39-25-9-3-21(19-26(25)40-2)4-10-28(37)35-17-13-29(38,14-18-35)27(36)20-34-15-11-23(12-16-34)22-5-7-24(8-6-22)30(31,32)33;29-23-7-1-19(17-24(23)30)2-8-26(37)35-15-11-27(38,12-16-35)25(36)18-34-13-9-21(10-14-34)20-3-5-22(6-4-20)28(31,32)33/h3-10,19,23,27,36,38H,11-18,20H2,1-2H3;1-8,17,21,25,36,38H,9-16,18H2/b10-4+;8-2+. The largest absolute Gasteiger partial charge is 0.493 e. The summed E-state index contributed by atoms with van der Waals surface area (Å²) in [6, 6.07) is 21.2. The summed E-state index contributed by atoms with van der Waals surface area (Å²) in [5, 5.41) is 44.9. The number of rotatable bonds is 14. The van der Waals surface area contributed by atoms with E-state index in [1.54, 1.807) is 90.8 Å². The van der Waals surface area contributed by atoms with Crippen molar-refractivity contribution >= 4 is 47.2 Å². The summed E-state index contributed by atoms with van der Waals surface area (Å²) in [7, 11) is 3.10. The number of methoxy groups -OCH3 is 2. The highest BCUT2D eigenvalue weighted by Crippen LogP contribution is 2.37. The van der Waals surface area contributed by atoms with E-state index in [1.807, 2.05) is 6.07 Å². The zero-order valence-electron chi connectivity index (χ0n) is 43.7. The summed E-state index contributed by atoms with van der Waals surface area (Å²) in [6.45, 7) is 4.67. The van der Waals surface area contributed by atoms with Gasteiger partial charge in [-0.2, -0.15) is 26.3 Å². The van der Waals surface area contributed by atoms with Crippen molar-refractivity contribution in [1.82, 2.24) is 19.6 Å². The van der Waals surface area contributed by atoms with Crippen LogP contribution in [0.1, 0.15) is 96.6 Å². The third-order valence-electron chi connectivity index (χ3n) is 15.8. The van der Waals surface area contributed by atoms with E-state index in [4.69, 9.17) is 32.7 Å². The lowest BCUT2D eigenvalue weighted by Gasteiger charge is -2.43. The Morgan fingerprint density at radius 1 is 0.564 bits per heavy atom. The van der Waals surface area contributed by atoms with Crippen LogP contribution in [0.5, 0.6) is 11.5 Å². The average Bonchev–Trinajstić information content (AvgIpc) is 3.46. The number of alkyl halides is 6. The van der Waals surface area contributed by atoms with Crippen LogP contribution < -0.4 is 9.47 Å². The molecule has 0 aromatic heterocycles. The van der Waals surface area contributed by atoms with Crippen LogP contribution in [0.4, 0.5) is 26.3 Å². The topological polar surface area (TPSA) is 146 Å². The smallest absolute Gasteiger partial charge is 0.416 e. The number of hydrogen-bond acceptors (Lipinski definition) is 10. The second-order valence-corrected chi connectivity index (χ2v) is 21.5. The monoisotopic (exact) mass is 1130 g/mol. The average molecular weight is 1130 g/mol. The Kier molecular flexibility index (Phi) is 20.5. The van der Waals surface area contributed by atoms with Crippen molar-refractivity contribution in [2.24, 2.45) is 0 Å². The van der Waals surface area contributed by atoms with Crippen LogP contribution in [-0.2, 0) is 21.9 Å². The van der Waals surface area contributed by atoms with Gasteiger partial charge in [-0.25, -0.2) is 0 Å². The first-order valence-corrected chi connectivity index (χ1v) is 26.9. The number of ether oxygens (including phenoxy) is 2. The molecule has 4 aromatic rings. The minimum atomic E-state index is -4.34. The maximum atomic E-state index is 12.8. The van der Waals surface area contributed by atoms with E-state index in [0.29, 0.717) is 87.0 Å². The molecule has 2 amide bonds.